The quantitative estimate of drug-likeness (QED) is 0.662. The third-order valence-corrected chi connectivity index (χ3v) is 6.88. The summed E-state index contributed by atoms with van der Waals surface area (Å²) in [5.41, 5.74) is 4.70. The lowest BCUT2D eigenvalue weighted by Crippen LogP contribution is -2.50. The molecule has 3 heterocycles. The number of rotatable bonds is 3. The van der Waals surface area contributed by atoms with Crippen LogP contribution in [0, 0.1) is 27.7 Å². The Kier molecular flexibility index (Phi) is 5.12. The Hall–Kier alpha value is -2.74. The van der Waals surface area contributed by atoms with Gasteiger partial charge < -0.3 is 9.80 Å². The number of aryl methyl sites for hydroxylation is 3. The molecule has 1 fully saturated rings. The van der Waals surface area contributed by atoms with Crippen molar-refractivity contribution in [2.75, 3.05) is 31.1 Å². The standard InChI is InChI=1S/C21H25N5O2S/c1-13-5-6-17-19(14(13)2)23-21(29-17)25-9-7-24(8-10-25)18(27)11-26-12-22-16(4)15(3)20(26)28/h5-6,12H,7-11H2,1-4H3. The summed E-state index contributed by atoms with van der Waals surface area (Å²) in [6.45, 7) is 10.5. The lowest BCUT2D eigenvalue weighted by atomic mass is 10.1. The smallest absolute Gasteiger partial charge is 0.256 e. The van der Waals surface area contributed by atoms with Gasteiger partial charge in [0.2, 0.25) is 5.91 Å². The number of piperazine rings is 1. The molecule has 7 nitrogen and oxygen atoms in total. The Morgan fingerprint density at radius 1 is 1.07 bits per heavy atom. The molecule has 29 heavy (non-hydrogen) atoms. The van der Waals surface area contributed by atoms with E-state index in [4.69, 9.17) is 4.98 Å². The minimum atomic E-state index is -0.148. The molecule has 0 unspecified atom stereocenters. The number of aromatic nitrogens is 3. The summed E-state index contributed by atoms with van der Waals surface area (Å²) in [6.07, 6.45) is 1.46. The monoisotopic (exact) mass is 411 g/mol. The van der Waals surface area contributed by atoms with Crippen LogP contribution in [0.25, 0.3) is 10.2 Å². The molecule has 0 radical (unpaired) electrons. The zero-order valence-electron chi connectivity index (χ0n) is 17.2. The van der Waals surface area contributed by atoms with Crippen LogP contribution >= 0.6 is 11.3 Å². The van der Waals surface area contributed by atoms with Crippen molar-refractivity contribution in [3.63, 3.8) is 0 Å². The van der Waals surface area contributed by atoms with Gasteiger partial charge in [-0.1, -0.05) is 17.4 Å². The van der Waals surface area contributed by atoms with Crippen molar-refractivity contribution in [1.82, 2.24) is 19.4 Å². The highest BCUT2D eigenvalue weighted by molar-refractivity contribution is 7.22. The van der Waals surface area contributed by atoms with Gasteiger partial charge in [0.25, 0.3) is 5.56 Å². The van der Waals surface area contributed by atoms with E-state index in [9.17, 15) is 9.59 Å². The molecule has 8 heteroatoms. The summed E-state index contributed by atoms with van der Waals surface area (Å²) in [5, 5.41) is 1.01. The maximum Gasteiger partial charge on any atom is 0.256 e. The lowest BCUT2D eigenvalue weighted by Gasteiger charge is -2.34. The predicted molar refractivity (Wildman–Crippen MR) is 116 cm³/mol. The van der Waals surface area contributed by atoms with Crippen LogP contribution < -0.4 is 10.5 Å². The van der Waals surface area contributed by atoms with E-state index in [1.54, 1.807) is 25.2 Å². The third-order valence-electron chi connectivity index (χ3n) is 5.80. The number of fused-ring (bicyclic) bond motifs is 1. The first-order valence-electron chi connectivity index (χ1n) is 9.77. The average Bonchev–Trinajstić information content (AvgIpc) is 3.16. The highest BCUT2D eigenvalue weighted by atomic mass is 32.1. The van der Waals surface area contributed by atoms with E-state index in [0.29, 0.717) is 24.3 Å². The molecule has 0 atom stereocenters. The highest BCUT2D eigenvalue weighted by Crippen LogP contribution is 2.32. The van der Waals surface area contributed by atoms with Gasteiger partial charge in [0.15, 0.2) is 5.13 Å². The van der Waals surface area contributed by atoms with Crippen LogP contribution in [0.3, 0.4) is 0 Å². The number of benzene rings is 1. The van der Waals surface area contributed by atoms with Crippen molar-refractivity contribution in [3.05, 3.63) is 51.2 Å². The number of hydrogen-bond acceptors (Lipinski definition) is 6. The van der Waals surface area contributed by atoms with Gasteiger partial charge in [-0.2, -0.15) is 0 Å². The summed E-state index contributed by atoms with van der Waals surface area (Å²) in [6, 6.07) is 4.27. The molecule has 3 aromatic rings. The molecule has 1 aliphatic heterocycles. The minimum absolute atomic E-state index is 0.0343. The van der Waals surface area contributed by atoms with Crippen molar-refractivity contribution in [2.45, 2.75) is 34.2 Å². The van der Waals surface area contributed by atoms with E-state index in [1.165, 1.54) is 26.7 Å². The summed E-state index contributed by atoms with van der Waals surface area (Å²) in [4.78, 5) is 38.1. The first-order valence-corrected chi connectivity index (χ1v) is 10.6. The molecule has 1 saturated heterocycles. The molecule has 0 spiro atoms. The molecule has 1 aromatic carbocycles. The van der Waals surface area contributed by atoms with Gasteiger partial charge in [-0.3, -0.25) is 14.2 Å². The Balaban J connectivity index is 1.43. The summed E-state index contributed by atoms with van der Waals surface area (Å²) < 4.78 is 2.60. The van der Waals surface area contributed by atoms with Crippen molar-refractivity contribution in [1.29, 1.82) is 0 Å². The average molecular weight is 412 g/mol. The number of amides is 1. The van der Waals surface area contributed by atoms with E-state index in [-0.39, 0.29) is 18.0 Å². The van der Waals surface area contributed by atoms with Gasteiger partial charge in [-0.15, -0.1) is 0 Å². The fourth-order valence-electron chi connectivity index (χ4n) is 3.53. The maximum atomic E-state index is 12.7. The van der Waals surface area contributed by atoms with Crippen molar-refractivity contribution < 1.29 is 4.79 Å². The molecule has 0 saturated carbocycles. The van der Waals surface area contributed by atoms with Gasteiger partial charge in [-0.25, -0.2) is 9.97 Å². The second kappa shape index (κ2) is 7.59. The fourth-order valence-corrected chi connectivity index (χ4v) is 4.61. The lowest BCUT2D eigenvalue weighted by molar-refractivity contribution is -0.132. The second-order valence-electron chi connectivity index (χ2n) is 7.61. The second-order valence-corrected chi connectivity index (χ2v) is 8.62. The fraction of sp³-hybridized carbons (Fsp3) is 0.429. The highest BCUT2D eigenvalue weighted by Gasteiger charge is 2.24. The summed E-state index contributed by atoms with van der Waals surface area (Å²) in [5.74, 6) is -0.0485. The van der Waals surface area contributed by atoms with Gasteiger partial charge in [-0.05, 0) is 44.9 Å². The van der Waals surface area contributed by atoms with Crippen LogP contribution in [0.4, 0.5) is 5.13 Å². The summed E-state index contributed by atoms with van der Waals surface area (Å²) in [7, 11) is 0. The molecule has 1 aliphatic rings. The van der Waals surface area contributed by atoms with Gasteiger partial charge >= 0.3 is 0 Å². The molecular weight excluding hydrogens is 386 g/mol. The van der Waals surface area contributed by atoms with E-state index in [2.05, 4.69) is 35.9 Å². The Labute approximate surface area is 173 Å². The van der Waals surface area contributed by atoms with Crippen molar-refractivity contribution in [2.24, 2.45) is 0 Å². The molecule has 0 bridgehead atoms. The van der Waals surface area contributed by atoms with E-state index >= 15 is 0 Å². The number of carbonyl (C=O) groups excluding carboxylic acids is 1. The van der Waals surface area contributed by atoms with Crippen LogP contribution in [0.5, 0.6) is 0 Å². The van der Waals surface area contributed by atoms with Crippen LogP contribution in [0.2, 0.25) is 0 Å². The van der Waals surface area contributed by atoms with Gasteiger partial charge in [0.05, 0.1) is 16.5 Å². The first-order chi connectivity index (χ1) is 13.8. The zero-order valence-corrected chi connectivity index (χ0v) is 18.0. The normalized spacial score (nSPS) is 14.6. The third kappa shape index (κ3) is 3.64. The topological polar surface area (TPSA) is 71.3 Å². The van der Waals surface area contributed by atoms with Crippen LogP contribution in [0.15, 0.2) is 23.3 Å². The summed E-state index contributed by atoms with van der Waals surface area (Å²) >= 11 is 1.70. The van der Waals surface area contributed by atoms with Crippen molar-refractivity contribution in [3.8, 4) is 0 Å². The Bertz CT molecular complexity index is 1140. The van der Waals surface area contributed by atoms with Gasteiger partial charge in [0.1, 0.15) is 6.54 Å². The van der Waals surface area contributed by atoms with E-state index in [0.717, 1.165) is 23.7 Å². The van der Waals surface area contributed by atoms with E-state index < -0.39 is 0 Å². The number of nitrogens with zero attached hydrogens (tertiary/aromatic N) is 5. The number of thiazole rings is 1. The number of carbonyl (C=O) groups is 1. The predicted octanol–water partition coefficient (Wildman–Crippen LogP) is 2.44. The molecule has 1 amide bonds. The van der Waals surface area contributed by atoms with Gasteiger partial charge in [0, 0.05) is 37.4 Å². The minimum Gasteiger partial charge on any atom is -0.345 e. The molecule has 2 aromatic heterocycles. The Morgan fingerprint density at radius 2 is 1.79 bits per heavy atom. The molecule has 0 aliphatic carbocycles. The van der Waals surface area contributed by atoms with Crippen LogP contribution in [-0.2, 0) is 11.3 Å². The first kappa shape index (κ1) is 19.6. The maximum absolute atomic E-state index is 12.7. The number of hydrogen-bond donors (Lipinski definition) is 0. The number of anilines is 1. The van der Waals surface area contributed by atoms with Crippen LogP contribution in [-0.4, -0.2) is 51.5 Å². The SMILES string of the molecule is Cc1ccc2sc(N3CCN(C(=O)Cn4cnc(C)c(C)c4=O)CC3)nc2c1C. The largest absolute Gasteiger partial charge is 0.345 e. The molecule has 152 valence electrons. The molecule has 0 N–H and O–H groups in total. The van der Waals surface area contributed by atoms with E-state index in [1.807, 2.05) is 4.90 Å². The zero-order chi connectivity index (χ0) is 20.7. The van der Waals surface area contributed by atoms with Crippen LogP contribution in [0.1, 0.15) is 22.4 Å². The Morgan fingerprint density at radius 3 is 2.52 bits per heavy atom. The van der Waals surface area contributed by atoms with Crippen molar-refractivity contribution >= 4 is 32.6 Å². The molecule has 4 rings (SSSR count). The molecular formula is C21H25N5O2S.